The van der Waals surface area contributed by atoms with Gasteiger partial charge in [0.05, 0.1) is 13.5 Å². The van der Waals surface area contributed by atoms with Gasteiger partial charge in [-0.2, -0.15) is 0 Å². The summed E-state index contributed by atoms with van der Waals surface area (Å²) in [7, 11) is 3.62. The van der Waals surface area contributed by atoms with Crippen LogP contribution in [0.5, 0.6) is 0 Å². The van der Waals surface area contributed by atoms with E-state index in [0.29, 0.717) is 6.42 Å². The van der Waals surface area contributed by atoms with E-state index < -0.39 is 0 Å². The Morgan fingerprint density at radius 2 is 2.14 bits per heavy atom. The highest BCUT2D eigenvalue weighted by atomic mass is 16.5. The summed E-state index contributed by atoms with van der Waals surface area (Å²) in [5, 5.41) is 1.34. The number of carbonyl (C=O) groups is 1. The first-order chi connectivity index (χ1) is 10.1. The number of benzene rings is 1. The zero-order chi connectivity index (χ0) is 15.0. The molecule has 2 aromatic rings. The molecule has 1 heterocycles. The SMILES string of the molecule is CCC1(CC(=O)OC)CCCc2c1n(C)c1ccccc21. The lowest BCUT2D eigenvalue weighted by atomic mass is 9.69. The van der Waals surface area contributed by atoms with Crippen LogP contribution in [-0.2, 0) is 28.4 Å². The van der Waals surface area contributed by atoms with Gasteiger partial charge in [-0.05, 0) is 37.3 Å². The van der Waals surface area contributed by atoms with E-state index in [1.54, 1.807) is 0 Å². The molecule has 0 saturated carbocycles. The fraction of sp³-hybridized carbons (Fsp3) is 0.500. The molecule has 1 aromatic heterocycles. The largest absolute Gasteiger partial charge is 0.469 e. The quantitative estimate of drug-likeness (QED) is 0.805. The van der Waals surface area contributed by atoms with Crippen molar-refractivity contribution in [3.63, 3.8) is 0 Å². The molecule has 0 spiro atoms. The Balaban J connectivity index is 2.23. The summed E-state index contributed by atoms with van der Waals surface area (Å²) in [6.45, 7) is 2.19. The zero-order valence-corrected chi connectivity index (χ0v) is 13.1. The lowest BCUT2D eigenvalue weighted by Gasteiger charge is -2.37. The second-order valence-corrected chi connectivity index (χ2v) is 6.14. The molecule has 1 aliphatic rings. The standard InChI is InChI=1S/C18H23NO2/c1-4-18(12-16(20)21-3)11-7-9-14-13-8-5-6-10-15(13)19(2)17(14)18/h5-6,8,10H,4,7,9,11-12H2,1-3H3. The molecule has 0 fully saturated rings. The van der Waals surface area contributed by atoms with Crippen molar-refractivity contribution in [1.82, 2.24) is 4.57 Å². The Morgan fingerprint density at radius 3 is 2.86 bits per heavy atom. The molecule has 3 nitrogen and oxygen atoms in total. The molecule has 0 N–H and O–H groups in total. The van der Waals surface area contributed by atoms with Crippen LogP contribution >= 0.6 is 0 Å². The van der Waals surface area contributed by atoms with E-state index in [1.807, 2.05) is 0 Å². The van der Waals surface area contributed by atoms with Crippen LogP contribution in [0.15, 0.2) is 24.3 Å². The number of hydrogen-bond donors (Lipinski definition) is 0. The van der Waals surface area contributed by atoms with Crippen LogP contribution in [0.3, 0.4) is 0 Å². The maximum atomic E-state index is 11.9. The van der Waals surface area contributed by atoms with Gasteiger partial charge in [-0.3, -0.25) is 4.79 Å². The molecule has 21 heavy (non-hydrogen) atoms. The summed E-state index contributed by atoms with van der Waals surface area (Å²) >= 11 is 0. The molecular weight excluding hydrogens is 262 g/mol. The van der Waals surface area contributed by atoms with E-state index in [-0.39, 0.29) is 11.4 Å². The Labute approximate surface area is 125 Å². The van der Waals surface area contributed by atoms with Crippen LogP contribution < -0.4 is 0 Å². The lowest BCUT2D eigenvalue weighted by molar-refractivity contribution is -0.142. The monoisotopic (exact) mass is 285 g/mol. The molecule has 0 saturated heterocycles. The van der Waals surface area contributed by atoms with Gasteiger partial charge in [0, 0.05) is 29.1 Å². The van der Waals surface area contributed by atoms with Gasteiger partial charge in [-0.1, -0.05) is 25.1 Å². The number of aromatic nitrogens is 1. The minimum Gasteiger partial charge on any atom is -0.469 e. The van der Waals surface area contributed by atoms with Crippen molar-refractivity contribution < 1.29 is 9.53 Å². The Bertz CT molecular complexity index is 686. The fourth-order valence-corrected chi connectivity index (χ4v) is 4.11. The maximum Gasteiger partial charge on any atom is 0.306 e. The fourth-order valence-electron chi connectivity index (χ4n) is 4.11. The third-order valence-corrected chi connectivity index (χ3v) is 5.18. The molecule has 1 atom stereocenters. The Kier molecular flexibility index (Phi) is 3.52. The van der Waals surface area contributed by atoms with Crippen molar-refractivity contribution >= 4 is 16.9 Å². The summed E-state index contributed by atoms with van der Waals surface area (Å²) in [6, 6.07) is 8.57. The number of hydrogen-bond acceptors (Lipinski definition) is 2. The van der Waals surface area contributed by atoms with Gasteiger partial charge in [0.2, 0.25) is 0 Å². The summed E-state index contributed by atoms with van der Waals surface area (Å²) in [5.74, 6) is -0.102. The minimum atomic E-state index is -0.102. The van der Waals surface area contributed by atoms with Gasteiger partial charge < -0.3 is 9.30 Å². The molecule has 1 aromatic carbocycles. The van der Waals surface area contributed by atoms with E-state index in [2.05, 4.69) is 42.8 Å². The molecule has 0 bridgehead atoms. The van der Waals surface area contributed by atoms with Gasteiger partial charge in [0.25, 0.3) is 0 Å². The van der Waals surface area contributed by atoms with Crippen molar-refractivity contribution in [2.45, 2.75) is 44.4 Å². The summed E-state index contributed by atoms with van der Waals surface area (Å²) in [5.41, 5.74) is 3.98. The van der Waals surface area contributed by atoms with Gasteiger partial charge in [-0.15, -0.1) is 0 Å². The van der Waals surface area contributed by atoms with Crippen LogP contribution in [0, 0.1) is 0 Å². The molecule has 112 valence electrons. The normalized spacial score (nSPS) is 21.3. The average molecular weight is 285 g/mol. The van der Waals surface area contributed by atoms with Gasteiger partial charge in [-0.25, -0.2) is 0 Å². The number of esters is 1. The number of nitrogens with zero attached hydrogens (tertiary/aromatic N) is 1. The predicted octanol–water partition coefficient (Wildman–Crippen LogP) is 3.73. The first kappa shape index (κ1) is 14.2. The molecular formula is C18H23NO2. The number of fused-ring (bicyclic) bond motifs is 3. The molecule has 0 aliphatic heterocycles. The number of carbonyl (C=O) groups excluding carboxylic acids is 1. The number of ether oxygens (including phenoxy) is 1. The van der Waals surface area contributed by atoms with E-state index in [4.69, 9.17) is 4.74 Å². The zero-order valence-electron chi connectivity index (χ0n) is 13.1. The highest BCUT2D eigenvalue weighted by Gasteiger charge is 2.40. The predicted molar refractivity (Wildman–Crippen MR) is 84.5 cm³/mol. The van der Waals surface area contributed by atoms with Crippen molar-refractivity contribution in [2.24, 2.45) is 7.05 Å². The summed E-state index contributed by atoms with van der Waals surface area (Å²) < 4.78 is 7.26. The Hall–Kier alpha value is -1.77. The molecule has 0 amide bonds. The first-order valence-corrected chi connectivity index (χ1v) is 7.76. The second kappa shape index (κ2) is 5.21. The number of aryl methyl sites for hydroxylation is 2. The highest BCUT2D eigenvalue weighted by Crippen LogP contribution is 2.46. The molecule has 3 heteroatoms. The third-order valence-electron chi connectivity index (χ3n) is 5.18. The third kappa shape index (κ3) is 2.06. The molecule has 0 radical (unpaired) electrons. The van der Waals surface area contributed by atoms with Crippen molar-refractivity contribution in [1.29, 1.82) is 0 Å². The van der Waals surface area contributed by atoms with E-state index in [0.717, 1.165) is 25.7 Å². The number of methoxy groups -OCH3 is 1. The molecule has 1 aliphatic carbocycles. The van der Waals surface area contributed by atoms with Crippen LogP contribution in [0.2, 0.25) is 0 Å². The highest BCUT2D eigenvalue weighted by molar-refractivity contribution is 5.86. The summed E-state index contributed by atoms with van der Waals surface area (Å²) in [4.78, 5) is 11.9. The second-order valence-electron chi connectivity index (χ2n) is 6.14. The van der Waals surface area contributed by atoms with E-state index in [1.165, 1.54) is 29.3 Å². The lowest BCUT2D eigenvalue weighted by Crippen LogP contribution is -2.35. The van der Waals surface area contributed by atoms with Crippen LogP contribution in [0.25, 0.3) is 10.9 Å². The number of para-hydroxylation sites is 1. The average Bonchev–Trinajstić information content (AvgIpc) is 2.82. The van der Waals surface area contributed by atoms with E-state index >= 15 is 0 Å². The smallest absolute Gasteiger partial charge is 0.306 e. The number of rotatable bonds is 3. The van der Waals surface area contributed by atoms with Gasteiger partial charge in [0.1, 0.15) is 0 Å². The summed E-state index contributed by atoms with van der Waals surface area (Å²) in [6.07, 6.45) is 4.78. The maximum absolute atomic E-state index is 11.9. The van der Waals surface area contributed by atoms with Crippen molar-refractivity contribution in [3.8, 4) is 0 Å². The molecule has 1 unspecified atom stereocenters. The van der Waals surface area contributed by atoms with Crippen molar-refractivity contribution in [3.05, 3.63) is 35.5 Å². The van der Waals surface area contributed by atoms with Crippen LogP contribution in [0.4, 0.5) is 0 Å². The van der Waals surface area contributed by atoms with Crippen LogP contribution in [-0.4, -0.2) is 17.6 Å². The van der Waals surface area contributed by atoms with Gasteiger partial charge in [0.15, 0.2) is 0 Å². The topological polar surface area (TPSA) is 31.2 Å². The van der Waals surface area contributed by atoms with E-state index in [9.17, 15) is 4.79 Å². The Morgan fingerprint density at radius 1 is 1.38 bits per heavy atom. The minimum absolute atomic E-state index is 0.0750. The van der Waals surface area contributed by atoms with Gasteiger partial charge >= 0.3 is 5.97 Å². The van der Waals surface area contributed by atoms with Crippen molar-refractivity contribution in [2.75, 3.05) is 7.11 Å². The molecule has 3 rings (SSSR count). The first-order valence-electron chi connectivity index (χ1n) is 7.76. The van der Waals surface area contributed by atoms with Crippen LogP contribution in [0.1, 0.15) is 43.9 Å².